The molecule has 3 atom stereocenters. The van der Waals surface area contributed by atoms with E-state index < -0.39 is 59.6 Å². The summed E-state index contributed by atoms with van der Waals surface area (Å²) in [4.78, 5) is 78.1. The van der Waals surface area contributed by atoms with Gasteiger partial charge in [0.25, 0.3) is 11.5 Å². The normalized spacial score (nSPS) is 14.4. The van der Waals surface area contributed by atoms with Crippen LogP contribution in [0.3, 0.4) is 0 Å². The monoisotopic (exact) mass is 684 g/mol. The van der Waals surface area contributed by atoms with Gasteiger partial charge in [-0.1, -0.05) is 0 Å². The quantitative estimate of drug-likeness (QED) is 0.0414. The van der Waals surface area contributed by atoms with E-state index in [9.17, 15) is 39.2 Å². The van der Waals surface area contributed by atoms with Crippen molar-refractivity contribution in [2.24, 2.45) is 0 Å². The number of H-pyrrole nitrogens is 1. The first kappa shape index (κ1) is 35.3. The molecule has 0 radical (unpaired) electrons. The average Bonchev–Trinajstić information content (AvgIpc) is 3.07. The fraction of sp³-hybridized carbons (Fsp3) is 0.310. The maximum atomic E-state index is 12.7. The first-order valence-corrected chi connectivity index (χ1v) is 14.4. The number of hydrogen-bond acceptors (Lipinski definition) is 16. The van der Waals surface area contributed by atoms with Crippen LogP contribution >= 0.6 is 0 Å². The van der Waals surface area contributed by atoms with Gasteiger partial charge in [-0.05, 0) is 48.9 Å². The lowest BCUT2D eigenvalue weighted by Crippen LogP contribution is -2.41. The van der Waals surface area contributed by atoms with Crippen LogP contribution in [0.15, 0.2) is 47.3 Å². The molecule has 49 heavy (non-hydrogen) atoms. The average molecular weight is 685 g/mol. The number of benzene rings is 2. The molecule has 8 N–H and O–H groups in total. The van der Waals surface area contributed by atoms with E-state index in [4.69, 9.17) is 19.9 Å². The number of anilines is 4. The molecule has 0 bridgehead atoms. The third-order valence-corrected chi connectivity index (χ3v) is 7.03. The number of nitrogen functional groups attached to an aromatic ring is 1. The number of methoxy groups -OCH3 is 2. The number of aromatic amines is 1. The van der Waals surface area contributed by atoms with Crippen LogP contribution in [0.25, 0.3) is 0 Å². The number of esters is 1. The molecular formula is C29H32N8O12. The summed E-state index contributed by atoms with van der Waals surface area (Å²) in [6, 6.07) is 8.14. The number of nitrogens with zero attached hydrogens (tertiary/aromatic N) is 2. The Hall–Kier alpha value is -6.60. The molecular weight excluding hydrogens is 652 g/mol. The molecule has 0 saturated carbocycles. The van der Waals surface area contributed by atoms with Gasteiger partial charge in [0.1, 0.15) is 11.7 Å². The van der Waals surface area contributed by atoms with Crippen molar-refractivity contribution in [1.82, 2.24) is 15.3 Å². The van der Waals surface area contributed by atoms with Crippen molar-refractivity contribution in [3.05, 3.63) is 74.1 Å². The molecule has 260 valence electrons. The smallest absolute Gasteiger partial charge is 0.493 e. The molecule has 4 rings (SSSR count). The lowest BCUT2D eigenvalue weighted by molar-refractivity contribution is -0.575. The summed E-state index contributed by atoms with van der Waals surface area (Å²) in [5, 5.41) is 32.7. The number of nitrogens with one attached hydrogen (secondary N) is 5. The molecule has 0 aliphatic carbocycles. The standard InChI is InChI=1S/C29H32N8O12/c1-46-19-9-5-15(11-20(19)47-2)26(37(44)45)49-29(43)48-21(38)10-8-18(27(41)42)34-24(39)14-3-6-16(7-4-14)31-12-17-13-32-23-22(33-17)25(40)36-28(30)35-23/h3-7,9,11,17-18,26,31,33H,8,10,12-13H2,1-2H3,(H,34,39)(H,41,42)(H4,30,32,35,36,40)/t17?,18-,26?/m0/s1. The summed E-state index contributed by atoms with van der Waals surface area (Å²) >= 11 is 0. The molecule has 0 fully saturated rings. The summed E-state index contributed by atoms with van der Waals surface area (Å²) in [6.45, 7) is 0.829. The van der Waals surface area contributed by atoms with Crippen LogP contribution in [0, 0.1) is 10.1 Å². The van der Waals surface area contributed by atoms with Crippen LogP contribution in [0.4, 0.5) is 27.9 Å². The van der Waals surface area contributed by atoms with E-state index in [1.54, 1.807) is 12.1 Å². The van der Waals surface area contributed by atoms with Crippen molar-refractivity contribution >= 4 is 47.1 Å². The summed E-state index contributed by atoms with van der Waals surface area (Å²) in [5.74, 6) is -2.74. The van der Waals surface area contributed by atoms with Crippen LogP contribution < -0.4 is 42.0 Å². The Morgan fingerprint density at radius 2 is 1.84 bits per heavy atom. The predicted octanol–water partition coefficient (Wildman–Crippen LogP) is 1.31. The van der Waals surface area contributed by atoms with Gasteiger partial charge in [0.15, 0.2) is 17.3 Å². The van der Waals surface area contributed by atoms with E-state index in [-0.39, 0.29) is 40.3 Å². The van der Waals surface area contributed by atoms with Crippen molar-refractivity contribution in [2.45, 2.75) is 31.2 Å². The number of aliphatic carboxylic acids is 1. The number of carbonyl (C=O) groups excluding carboxylic acids is 3. The molecule has 2 heterocycles. The number of aromatic nitrogens is 2. The second-order valence-electron chi connectivity index (χ2n) is 10.4. The molecule has 20 heteroatoms. The Labute approximate surface area is 276 Å². The number of carboxylic acids is 1. The van der Waals surface area contributed by atoms with Gasteiger partial charge in [-0.2, -0.15) is 4.98 Å². The van der Waals surface area contributed by atoms with E-state index >= 15 is 0 Å². The maximum Gasteiger partial charge on any atom is 0.521 e. The zero-order chi connectivity index (χ0) is 35.7. The van der Waals surface area contributed by atoms with Gasteiger partial charge in [0, 0.05) is 30.8 Å². The number of amides is 1. The van der Waals surface area contributed by atoms with Gasteiger partial charge < -0.3 is 51.1 Å². The van der Waals surface area contributed by atoms with E-state index in [0.29, 0.717) is 24.6 Å². The maximum absolute atomic E-state index is 12.7. The molecule has 3 aromatic rings. The number of fused-ring (bicyclic) bond motifs is 1. The number of nitrogens with two attached hydrogens (primary N) is 1. The fourth-order valence-electron chi connectivity index (χ4n) is 4.59. The Bertz CT molecular complexity index is 1780. The van der Waals surface area contributed by atoms with Crippen molar-refractivity contribution in [3.63, 3.8) is 0 Å². The van der Waals surface area contributed by atoms with Crippen LogP contribution in [-0.4, -0.2) is 83.4 Å². The summed E-state index contributed by atoms with van der Waals surface area (Å²) in [7, 11) is 2.66. The minimum atomic E-state index is -2.06. The zero-order valence-electron chi connectivity index (χ0n) is 26.0. The number of carbonyl (C=O) groups is 4. The Morgan fingerprint density at radius 1 is 1.12 bits per heavy atom. The molecule has 0 saturated heterocycles. The van der Waals surface area contributed by atoms with Crippen molar-refractivity contribution in [3.8, 4) is 11.5 Å². The Balaban J connectivity index is 1.25. The highest BCUT2D eigenvalue weighted by Gasteiger charge is 2.31. The minimum absolute atomic E-state index is 0.00752. The summed E-state index contributed by atoms with van der Waals surface area (Å²) < 4.78 is 19.3. The zero-order valence-corrected chi connectivity index (χ0v) is 26.0. The van der Waals surface area contributed by atoms with Gasteiger partial charge in [0.05, 0.1) is 30.7 Å². The lowest BCUT2D eigenvalue weighted by atomic mass is 10.1. The fourth-order valence-corrected chi connectivity index (χ4v) is 4.59. The van der Waals surface area contributed by atoms with Crippen molar-refractivity contribution < 1.29 is 48.2 Å². The number of ether oxygens (including phenoxy) is 4. The summed E-state index contributed by atoms with van der Waals surface area (Å²) in [6.07, 6.45) is -4.88. The van der Waals surface area contributed by atoms with Crippen LogP contribution in [0.2, 0.25) is 0 Å². The van der Waals surface area contributed by atoms with E-state index in [1.807, 2.05) is 0 Å². The number of nitro groups is 1. The van der Waals surface area contributed by atoms with Gasteiger partial charge in [-0.3, -0.25) is 29.5 Å². The Kier molecular flexibility index (Phi) is 11.4. The highest BCUT2D eigenvalue weighted by molar-refractivity contribution is 5.97. The Morgan fingerprint density at radius 3 is 2.49 bits per heavy atom. The lowest BCUT2D eigenvalue weighted by Gasteiger charge is -2.27. The SMILES string of the molecule is COc1ccc(C(OC(=O)OC(=O)CC[C@H](NC(=O)c2ccc(NCC3CNc4nc(N)[nH]c(=O)c4N3)cc2)C(=O)O)[N+](=O)[O-])cc1OC. The molecule has 2 aromatic carbocycles. The number of carboxylic acid groups (broad SMARTS) is 1. The van der Waals surface area contributed by atoms with Gasteiger partial charge in [0.2, 0.25) is 5.95 Å². The molecule has 20 nitrogen and oxygen atoms in total. The molecule has 1 amide bonds. The van der Waals surface area contributed by atoms with Crippen LogP contribution in [0.5, 0.6) is 11.5 Å². The second-order valence-corrected chi connectivity index (χ2v) is 10.4. The first-order chi connectivity index (χ1) is 23.4. The van der Waals surface area contributed by atoms with Gasteiger partial charge in [-0.15, -0.1) is 0 Å². The molecule has 0 spiro atoms. The van der Waals surface area contributed by atoms with Crippen LogP contribution in [0.1, 0.15) is 35.0 Å². The third-order valence-electron chi connectivity index (χ3n) is 7.03. The van der Waals surface area contributed by atoms with E-state index in [0.717, 1.165) is 0 Å². The molecule has 2 unspecified atom stereocenters. The van der Waals surface area contributed by atoms with E-state index in [2.05, 4.69) is 36.0 Å². The predicted molar refractivity (Wildman–Crippen MR) is 170 cm³/mol. The first-order valence-electron chi connectivity index (χ1n) is 14.4. The molecule has 1 aliphatic heterocycles. The van der Waals surface area contributed by atoms with Crippen molar-refractivity contribution in [1.29, 1.82) is 0 Å². The van der Waals surface area contributed by atoms with Crippen LogP contribution in [-0.2, 0) is 19.1 Å². The minimum Gasteiger partial charge on any atom is -0.493 e. The van der Waals surface area contributed by atoms with E-state index in [1.165, 1.54) is 44.6 Å². The second kappa shape index (κ2) is 15.8. The molecule has 1 aliphatic rings. The molecule has 1 aromatic heterocycles. The number of rotatable bonds is 14. The highest BCUT2D eigenvalue weighted by Crippen LogP contribution is 2.31. The number of hydrogen-bond donors (Lipinski definition) is 7. The topological polar surface area (TPSA) is 288 Å². The summed E-state index contributed by atoms with van der Waals surface area (Å²) in [5.41, 5.74) is 6.03. The van der Waals surface area contributed by atoms with Crippen molar-refractivity contribution in [2.75, 3.05) is 49.0 Å². The highest BCUT2D eigenvalue weighted by atomic mass is 16.8. The van der Waals surface area contributed by atoms with Gasteiger partial charge in [-0.25, -0.2) is 9.59 Å². The third kappa shape index (κ3) is 9.24. The largest absolute Gasteiger partial charge is 0.521 e. The van der Waals surface area contributed by atoms with Gasteiger partial charge >= 0.3 is 24.3 Å².